The molecule has 0 aromatic heterocycles. The van der Waals surface area contributed by atoms with E-state index < -0.39 is 24.0 Å². The lowest BCUT2D eigenvalue weighted by Crippen LogP contribution is -2.50. The van der Waals surface area contributed by atoms with Gasteiger partial charge in [-0.05, 0) is 26.7 Å². The number of ether oxygens (including phenoxy) is 2. The van der Waals surface area contributed by atoms with E-state index in [-0.39, 0.29) is 12.0 Å². The SMILES string of the molecule is COC(=O)C(N[N]C(C)C(=O)OC(C)C)C(C)C. The third-order valence-corrected chi connectivity index (χ3v) is 2.22. The zero-order valence-electron chi connectivity index (χ0n) is 11.9. The van der Waals surface area contributed by atoms with E-state index in [2.05, 4.69) is 15.6 Å². The first-order chi connectivity index (χ1) is 8.29. The van der Waals surface area contributed by atoms with Crippen molar-refractivity contribution in [3.63, 3.8) is 0 Å². The summed E-state index contributed by atoms with van der Waals surface area (Å²) in [6.07, 6.45) is -0.184. The molecule has 0 amide bonds. The smallest absolute Gasteiger partial charge is 0.326 e. The van der Waals surface area contributed by atoms with E-state index in [9.17, 15) is 9.59 Å². The monoisotopic (exact) mass is 259 g/mol. The Morgan fingerprint density at radius 3 is 2.00 bits per heavy atom. The molecule has 2 unspecified atom stereocenters. The van der Waals surface area contributed by atoms with Crippen molar-refractivity contribution < 1.29 is 19.1 Å². The Balaban J connectivity index is 4.27. The van der Waals surface area contributed by atoms with Crippen LogP contribution in [0.2, 0.25) is 0 Å². The average molecular weight is 259 g/mol. The summed E-state index contributed by atoms with van der Waals surface area (Å²) in [6, 6.07) is -1.23. The summed E-state index contributed by atoms with van der Waals surface area (Å²) in [4.78, 5) is 23.0. The molecule has 0 aliphatic rings. The van der Waals surface area contributed by atoms with Gasteiger partial charge in [0.25, 0.3) is 0 Å². The van der Waals surface area contributed by atoms with Gasteiger partial charge in [-0.15, -0.1) is 5.43 Å². The van der Waals surface area contributed by atoms with Crippen LogP contribution in [0.15, 0.2) is 0 Å². The number of carbonyl (C=O) groups is 2. The van der Waals surface area contributed by atoms with Gasteiger partial charge in [0.1, 0.15) is 12.1 Å². The summed E-state index contributed by atoms with van der Waals surface area (Å²) in [6.45, 7) is 8.86. The van der Waals surface area contributed by atoms with Gasteiger partial charge in [0.2, 0.25) is 0 Å². The first-order valence-electron chi connectivity index (χ1n) is 6.03. The summed E-state index contributed by atoms with van der Waals surface area (Å²) in [7, 11) is 1.32. The molecular weight excluding hydrogens is 236 g/mol. The molecule has 6 nitrogen and oxygen atoms in total. The first kappa shape index (κ1) is 16.9. The minimum atomic E-state index is -0.668. The highest BCUT2D eigenvalue weighted by atomic mass is 16.5. The van der Waals surface area contributed by atoms with Crippen molar-refractivity contribution in [2.24, 2.45) is 5.92 Å². The number of nitrogens with one attached hydrogen (secondary N) is 1. The second kappa shape index (κ2) is 8.05. The normalized spacial score (nSPS) is 14.4. The van der Waals surface area contributed by atoms with Crippen LogP contribution in [0.25, 0.3) is 0 Å². The van der Waals surface area contributed by atoms with E-state index in [1.807, 2.05) is 13.8 Å². The highest BCUT2D eigenvalue weighted by Crippen LogP contribution is 2.03. The van der Waals surface area contributed by atoms with Crippen LogP contribution in [-0.2, 0) is 19.1 Å². The van der Waals surface area contributed by atoms with E-state index in [0.29, 0.717) is 0 Å². The van der Waals surface area contributed by atoms with Crippen LogP contribution in [0, 0.1) is 5.92 Å². The van der Waals surface area contributed by atoms with Crippen LogP contribution in [0.3, 0.4) is 0 Å². The molecule has 0 bridgehead atoms. The molecule has 0 fully saturated rings. The van der Waals surface area contributed by atoms with Crippen molar-refractivity contribution in [2.75, 3.05) is 7.11 Å². The quantitative estimate of drug-likeness (QED) is 0.536. The molecule has 0 spiro atoms. The van der Waals surface area contributed by atoms with Crippen molar-refractivity contribution >= 4 is 11.9 Å². The molecule has 0 rings (SSSR count). The summed E-state index contributed by atoms with van der Waals surface area (Å²) < 4.78 is 9.66. The number of esters is 2. The minimum Gasteiger partial charge on any atom is -0.468 e. The number of hydrogen-bond donors (Lipinski definition) is 1. The van der Waals surface area contributed by atoms with E-state index in [0.717, 1.165) is 0 Å². The van der Waals surface area contributed by atoms with E-state index in [1.165, 1.54) is 7.11 Å². The highest BCUT2D eigenvalue weighted by molar-refractivity contribution is 5.77. The summed E-state index contributed by atoms with van der Waals surface area (Å²) in [5.41, 5.74) is 6.62. The van der Waals surface area contributed by atoms with Crippen molar-refractivity contribution in [2.45, 2.75) is 52.8 Å². The average Bonchev–Trinajstić information content (AvgIpc) is 2.27. The van der Waals surface area contributed by atoms with Crippen LogP contribution in [0.4, 0.5) is 0 Å². The maximum atomic E-state index is 11.5. The minimum absolute atomic E-state index is 0.00881. The molecule has 0 heterocycles. The molecule has 1 N–H and O–H groups in total. The summed E-state index contributed by atoms with van der Waals surface area (Å²) >= 11 is 0. The largest absolute Gasteiger partial charge is 0.468 e. The second-order valence-electron chi connectivity index (χ2n) is 4.66. The second-order valence-corrected chi connectivity index (χ2v) is 4.66. The fourth-order valence-corrected chi connectivity index (χ4v) is 1.18. The fourth-order valence-electron chi connectivity index (χ4n) is 1.18. The molecule has 0 aromatic carbocycles. The van der Waals surface area contributed by atoms with Gasteiger partial charge in [0.15, 0.2) is 0 Å². The molecule has 105 valence electrons. The predicted octanol–water partition coefficient (Wildman–Crippen LogP) is 0.633. The van der Waals surface area contributed by atoms with Crippen molar-refractivity contribution in [3.8, 4) is 0 Å². The zero-order chi connectivity index (χ0) is 14.3. The maximum Gasteiger partial charge on any atom is 0.326 e. The molecule has 0 aliphatic carbocycles. The Morgan fingerprint density at radius 2 is 1.61 bits per heavy atom. The topological polar surface area (TPSA) is 78.7 Å². The van der Waals surface area contributed by atoms with Crippen LogP contribution in [0.5, 0.6) is 0 Å². The lowest BCUT2D eigenvalue weighted by Gasteiger charge is -2.21. The third-order valence-electron chi connectivity index (χ3n) is 2.22. The molecule has 2 atom stereocenters. The van der Waals surface area contributed by atoms with Gasteiger partial charge in [0.05, 0.1) is 13.2 Å². The molecule has 0 saturated heterocycles. The van der Waals surface area contributed by atoms with Gasteiger partial charge >= 0.3 is 11.9 Å². The summed E-state index contributed by atoms with van der Waals surface area (Å²) in [5, 5.41) is 0. The Morgan fingerprint density at radius 1 is 1.06 bits per heavy atom. The van der Waals surface area contributed by atoms with Crippen LogP contribution in [-0.4, -0.2) is 37.2 Å². The number of nitrogens with zero attached hydrogens (tertiary/aromatic N) is 1. The van der Waals surface area contributed by atoms with Gasteiger partial charge in [-0.2, -0.15) is 0 Å². The standard InChI is InChI=1S/C12H23N2O4/c1-7(2)10(12(16)17-6)14-13-9(5)11(15)18-8(3)4/h7-10,14H,1-6H3. The van der Waals surface area contributed by atoms with Gasteiger partial charge in [-0.1, -0.05) is 13.8 Å². The van der Waals surface area contributed by atoms with Crippen molar-refractivity contribution in [3.05, 3.63) is 0 Å². The number of rotatable bonds is 7. The van der Waals surface area contributed by atoms with E-state index >= 15 is 0 Å². The Kier molecular flexibility index (Phi) is 7.54. The Labute approximate surface area is 108 Å². The predicted molar refractivity (Wildman–Crippen MR) is 66.6 cm³/mol. The zero-order valence-corrected chi connectivity index (χ0v) is 11.9. The van der Waals surface area contributed by atoms with Gasteiger partial charge in [-0.25, -0.2) is 5.43 Å². The Bertz CT molecular complexity index is 279. The lowest BCUT2D eigenvalue weighted by molar-refractivity contribution is -0.151. The van der Waals surface area contributed by atoms with E-state index in [1.54, 1.807) is 20.8 Å². The van der Waals surface area contributed by atoms with Gasteiger partial charge in [0, 0.05) is 0 Å². The van der Waals surface area contributed by atoms with Crippen LogP contribution in [0.1, 0.15) is 34.6 Å². The lowest BCUT2D eigenvalue weighted by atomic mass is 10.1. The van der Waals surface area contributed by atoms with E-state index in [4.69, 9.17) is 4.74 Å². The van der Waals surface area contributed by atoms with Crippen LogP contribution < -0.4 is 10.9 Å². The first-order valence-corrected chi connectivity index (χ1v) is 6.03. The number of methoxy groups -OCH3 is 1. The Hall–Kier alpha value is -1.14. The van der Waals surface area contributed by atoms with Gasteiger partial charge < -0.3 is 9.47 Å². The number of carbonyl (C=O) groups excluding carboxylic acids is 2. The molecule has 1 radical (unpaired) electrons. The molecule has 6 heteroatoms. The maximum absolute atomic E-state index is 11.5. The van der Waals surface area contributed by atoms with Crippen molar-refractivity contribution in [1.29, 1.82) is 0 Å². The van der Waals surface area contributed by atoms with Crippen LogP contribution >= 0.6 is 0 Å². The highest BCUT2D eigenvalue weighted by Gasteiger charge is 2.25. The van der Waals surface area contributed by atoms with Gasteiger partial charge in [-0.3, -0.25) is 9.59 Å². The molecular formula is C12H23N2O4. The van der Waals surface area contributed by atoms with Crippen molar-refractivity contribution in [1.82, 2.24) is 10.9 Å². The fraction of sp³-hybridized carbons (Fsp3) is 0.833. The third kappa shape index (κ3) is 5.97. The number of hydrogen-bond acceptors (Lipinski definition) is 5. The summed E-state index contributed by atoms with van der Waals surface area (Å²) in [5.74, 6) is -0.822. The molecule has 18 heavy (non-hydrogen) atoms. The molecule has 0 saturated carbocycles. The molecule has 0 aromatic rings. The molecule has 0 aliphatic heterocycles.